The van der Waals surface area contributed by atoms with Crippen LogP contribution in [0.25, 0.3) is 0 Å². The number of ether oxygens (including phenoxy) is 1. The van der Waals surface area contributed by atoms with Gasteiger partial charge in [0, 0.05) is 22.0 Å². The summed E-state index contributed by atoms with van der Waals surface area (Å²) < 4.78 is 5.11. The average molecular weight is 389 g/mol. The summed E-state index contributed by atoms with van der Waals surface area (Å²) in [5.41, 5.74) is 6.70. The molecular formula is C19H21ClN4O3. The van der Waals surface area contributed by atoms with Crippen molar-refractivity contribution in [1.82, 2.24) is 5.32 Å². The molecule has 0 aliphatic carbocycles. The minimum Gasteiger partial charge on any atom is -0.444 e. The molecule has 8 heteroatoms. The van der Waals surface area contributed by atoms with E-state index in [1.807, 2.05) is 0 Å². The van der Waals surface area contributed by atoms with E-state index in [0.717, 1.165) is 0 Å². The molecule has 0 bridgehead atoms. The van der Waals surface area contributed by atoms with Crippen molar-refractivity contribution in [2.24, 2.45) is 0 Å². The molecule has 0 heterocycles. The van der Waals surface area contributed by atoms with Crippen LogP contribution >= 0.6 is 11.6 Å². The fourth-order valence-electron chi connectivity index (χ4n) is 2.12. The molecule has 142 valence electrons. The Morgan fingerprint density at radius 2 is 1.74 bits per heavy atom. The second kappa shape index (κ2) is 8.09. The predicted octanol–water partition coefficient (Wildman–Crippen LogP) is 4.02. The van der Waals surface area contributed by atoms with E-state index in [1.165, 1.54) is 6.07 Å². The lowest BCUT2D eigenvalue weighted by atomic mass is 10.1. The van der Waals surface area contributed by atoms with Crippen LogP contribution in [0.4, 0.5) is 16.2 Å². The van der Waals surface area contributed by atoms with Crippen molar-refractivity contribution in [2.75, 3.05) is 11.1 Å². The Hall–Kier alpha value is -3.06. The molecule has 5 N–H and O–H groups in total. The monoisotopic (exact) mass is 388 g/mol. The number of nitrogens with two attached hydrogens (primary N) is 1. The molecule has 0 aromatic heterocycles. The summed E-state index contributed by atoms with van der Waals surface area (Å²) in [7, 11) is 0. The molecule has 2 rings (SSSR count). The zero-order chi connectivity index (χ0) is 20.2. The molecule has 2 amide bonds. The summed E-state index contributed by atoms with van der Waals surface area (Å²) in [6, 6.07) is 11.1. The van der Waals surface area contributed by atoms with Gasteiger partial charge in [-0.2, -0.15) is 0 Å². The SMILES string of the molecule is CC(C)(C)OC(=O)NC(=N)c1ccc(NC(=O)c2cc(Cl)ccc2N)cc1. The maximum atomic E-state index is 12.3. The van der Waals surface area contributed by atoms with Gasteiger partial charge in [0.25, 0.3) is 5.91 Å². The van der Waals surface area contributed by atoms with Gasteiger partial charge in [0.2, 0.25) is 0 Å². The van der Waals surface area contributed by atoms with Crippen molar-refractivity contribution >= 4 is 40.8 Å². The van der Waals surface area contributed by atoms with E-state index in [1.54, 1.807) is 57.2 Å². The molecule has 0 aliphatic rings. The highest BCUT2D eigenvalue weighted by molar-refractivity contribution is 6.31. The number of carbonyl (C=O) groups excluding carboxylic acids is 2. The van der Waals surface area contributed by atoms with E-state index in [-0.39, 0.29) is 11.4 Å². The van der Waals surface area contributed by atoms with Gasteiger partial charge in [0.15, 0.2) is 0 Å². The molecule has 0 unspecified atom stereocenters. The first-order chi connectivity index (χ1) is 12.5. The Morgan fingerprint density at radius 3 is 2.33 bits per heavy atom. The third-order valence-corrected chi connectivity index (χ3v) is 3.55. The smallest absolute Gasteiger partial charge is 0.413 e. The number of amidine groups is 1. The fourth-order valence-corrected chi connectivity index (χ4v) is 2.29. The van der Waals surface area contributed by atoms with Crippen LogP contribution in [-0.4, -0.2) is 23.4 Å². The minimum absolute atomic E-state index is 0.110. The second-order valence-electron chi connectivity index (χ2n) is 6.76. The largest absolute Gasteiger partial charge is 0.444 e. The Morgan fingerprint density at radius 1 is 1.11 bits per heavy atom. The first-order valence-electron chi connectivity index (χ1n) is 8.10. The summed E-state index contributed by atoms with van der Waals surface area (Å²) in [5.74, 6) is -0.508. The number of hydrogen-bond donors (Lipinski definition) is 4. The first kappa shape index (κ1) is 20.3. The fraction of sp³-hybridized carbons (Fsp3) is 0.211. The van der Waals surface area contributed by atoms with Crippen molar-refractivity contribution in [1.29, 1.82) is 5.41 Å². The highest BCUT2D eigenvalue weighted by Gasteiger charge is 2.17. The number of carbonyl (C=O) groups is 2. The van der Waals surface area contributed by atoms with Gasteiger partial charge >= 0.3 is 6.09 Å². The van der Waals surface area contributed by atoms with Crippen LogP contribution in [0.1, 0.15) is 36.7 Å². The zero-order valence-electron chi connectivity index (χ0n) is 15.2. The molecule has 0 spiro atoms. The van der Waals surface area contributed by atoms with Crippen LogP contribution in [0, 0.1) is 5.41 Å². The zero-order valence-corrected chi connectivity index (χ0v) is 16.0. The molecule has 27 heavy (non-hydrogen) atoms. The van der Waals surface area contributed by atoms with Gasteiger partial charge in [0.05, 0.1) is 5.56 Å². The highest BCUT2D eigenvalue weighted by Crippen LogP contribution is 2.20. The Balaban J connectivity index is 2.02. The van der Waals surface area contributed by atoms with Gasteiger partial charge in [-0.15, -0.1) is 0 Å². The van der Waals surface area contributed by atoms with Crippen LogP contribution in [0.2, 0.25) is 5.02 Å². The molecule has 0 fully saturated rings. The number of alkyl carbamates (subject to hydrolysis) is 1. The van der Waals surface area contributed by atoms with Crippen LogP contribution in [0.15, 0.2) is 42.5 Å². The molecular weight excluding hydrogens is 368 g/mol. The lowest BCUT2D eigenvalue weighted by Gasteiger charge is -2.19. The number of benzene rings is 2. The average Bonchev–Trinajstić information content (AvgIpc) is 2.55. The van der Waals surface area contributed by atoms with Gasteiger partial charge in [-0.1, -0.05) is 11.6 Å². The number of nitrogen functional groups attached to an aromatic ring is 1. The highest BCUT2D eigenvalue weighted by atomic mass is 35.5. The molecule has 0 radical (unpaired) electrons. The van der Waals surface area contributed by atoms with Crippen molar-refractivity contribution in [3.05, 3.63) is 58.6 Å². The second-order valence-corrected chi connectivity index (χ2v) is 7.20. The summed E-state index contributed by atoms with van der Waals surface area (Å²) in [5, 5.41) is 13.4. The number of anilines is 2. The van der Waals surface area contributed by atoms with E-state index < -0.39 is 17.6 Å². The molecule has 0 saturated heterocycles. The molecule has 2 aromatic carbocycles. The lowest BCUT2D eigenvalue weighted by molar-refractivity contribution is 0.0563. The standard InChI is InChI=1S/C19H21ClN4O3/c1-19(2,3)27-18(26)24-16(22)11-4-7-13(8-5-11)23-17(25)14-10-12(20)6-9-15(14)21/h4-10H,21H2,1-3H3,(H,23,25)(H2,22,24,26). The van der Waals surface area contributed by atoms with E-state index in [9.17, 15) is 9.59 Å². The van der Waals surface area contributed by atoms with Crippen molar-refractivity contribution < 1.29 is 14.3 Å². The summed E-state index contributed by atoms with van der Waals surface area (Å²) in [4.78, 5) is 24.0. The quantitative estimate of drug-likeness (QED) is 0.360. The summed E-state index contributed by atoms with van der Waals surface area (Å²) in [6.45, 7) is 5.21. The number of rotatable bonds is 3. The van der Waals surface area contributed by atoms with Crippen LogP contribution in [0.3, 0.4) is 0 Å². The van der Waals surface area contributed by atoms with Gasteiger partial charge in [-0.05, 0) is 63.2 Å². The molecule has 0 aliphatic heterocycles. The number of amides is 2. The molecule has 0 atom stereocenters. The maximum absolute atomic E-state index is 12.3. The Bertz CT molecular complexity index is 874. The molecule has 7 nitrogen and oxygen atoms in total. The molecule has 0 saturated carbocycles. The Labute approximate surface area is 162 Å². The third kappa shape index (κ3) is 6.00. The van der Waals surface area contributed by atoms with E-state index in [4.69, 9.17) is 27.5 Å². The van der Waals surface area contributed by atoms with Crippen LogP contribution in [-0.2, 0) is 4.74 Å². The van der Waals surface area contributed by atoms with Gasteiger partial charge in [-0.25, -0.2) is 4.79 Å². The van der Waals surface area contributed by atoms with Crippen molar-refractivity contribution in [3.63, 3.8) is 0 Å². The van der Waals surface area contributed by atoms with E-state index in [0.29, 0.717) is 22.0 Å². The van der Waals surface area contributed by atoms with E-state index in [2.05, 4.69) is 10.6 Å². The van der Waals surface area contributed by atoms with Gasteiger partial charge in [-0.3, -0.25) is 15.5 Å². The number of halogens is 1. The summed E-state index contributed by atoms with van der Waals surface area (Å²) in [6.07, 6.45) is -0.707. The number of nitrogens with one attached hydrogen (secondary N) is 3. The third-order valence-electron chi connectivity index (χ3n) is 3.32. The van der Waals surface area contributed by atoms with Gasteiger partial charge < -0.3 is 15.8 Å². The summed E-state index contributed by atoms with van der Waals surface area (Å²) >= 11 is 5.90. The van der Waals surface area contributed by atoms with E-state index >= 15 is 0 Å². The lowest BCUT2D eigenvalue weighted by Crippen LogP contribution is -2.36. The van der Waals surface area contributed by atoms with Crippen LogP contribution in [0.5, 0.6) is 0 Å². The first-order valence-corrected chi connectivity index (χ1v) is 8.48. The predicted molar refractivity (Wildman–Crippen MR) is 106 cm³/mol. The van der Waals surface area contributed by atoms with Crippen molar-refractivity contribution in [3.8, 4) is 0 Å². The topological polar surface area (TPSA) is 117 Å². The Kier molecular flexibility index (Phi) is 6.07. The van der Waals surface area contributed by atoms with Crippen molar-refractivity contribution in [2.45, 2.75) is 26.4 Å². The minimum atomic E-state index is -0.707. The number of hydrogen-bond acceptors (Lipinski definition) is 5. The molecule has 2 aromatic rings. The maximum Gasteiger partial charge on any atom is 0.413 e. The normalized spacial score (nSPS) is 10.8. The van der Waals surface area contributed by atoms with Crippen LogP contribution < -0.4 is 16.4 Å². The van der Waals surface area contributed by atoms with Gasteiger partial charge in [0.1, 0.15) is 11.4 Å².